The Labute approximate surface area is 168 Å². The highest BCUT2D eigenvalue weighted by Gasteiger charge is 2.54. The molecule has 1 saturated heterocycles. The van der Waals surface area contributed by atoms with Crippen LogP contribution in [-0.2, 0) is 18.8 Å². The zero-order valence-electron chi connectivity index (χ0n) is 16.1. The van der Waals surface area contributed by atoms with E-state index in [4.69, 9.17) is 18.8 Å². The van der Waals surface area contributed by atoms with Crippen LogP contribution < -0.4 is 4.74 Å². The van der Waals surface area contributed by atoms with Gasteiger partial charge in [0.05, 0.1) is 34.9 Å². The molecule has 6 nitrogen and oxygen atoms in total. The molecule has 0 aromatic heterocycles. The van der Waals surface area contributed by atoms with Crippen molar-refractivity contribution < 1.29 is 28.7 Å². The zero-order chi connectivity index (χ0) is 19.7. The van der Waals surface area contributed by atoms with Crippen molar-refractivity contribution in [3.05, 3.63) is 21.3 Å². The molecule has 0 aliphatic carbocycles. The highest BCUT2D eigenvalue weighted by atomic mass is 127. The van der Waals surface area contributed by atoms with Crippen molar-refractivity contribution in [1.82, 2.24) is 0 Å². The molecule has 1 aliphatic rings. The predicted octanol–water partition coefficient (Wildman–Crippen LogP) is 3.67. The van der Waals surface area contributed by atoms with Gasteiger partial charge in [-0.05, 0) is 74.9 Å². The Bertz CT molecular complexity index is 660. The van der Waals surface area contributed by atoms with Crippen molar-refractivity contribution in [2.75, 3.05) is 13.7 Å². The van der Waals surface area contributed by atoms with Crippen LogP contribution in [0.3, 0.4) is 0 Å². The Balaban J connectivity index is 2.43. The molecule has 1 atom stereocenters. The number of esters is 1. The molecule has 0 saturated carbocycles. The lowest BCUT2D eigenvalue weighted by molar-refractivity contribution is -0.143. The number of methoxy groups -OCH3 is 1. The Morgan fingerprint density at radius 3 is 2.35 bits per heavy atom. The number of benzene rings is 1. The highest BCUT2D eigenvalue weighted by Crippen LogP contribution is 2.43. The Hall–Kier alpha value is -0.995. The number of carbonyl (C=O) groups excluding carboxylic acids is 1. The molecule has 1 heterocycles. The van der Waals surface area contributed by atoms with E-state index in [1.54, 1.807) is 13.0 Å². The van der Waals surface area contributed by atoms with Crippen LogP contribution in [0.2, 0.25) is 0 Å². The fraction of sp³-hybridized carbons (Fsp3) is 0.611. The molecule has 1 aromatic carbocycles. The first-order valence-electron chi connectivity index (χ1n) is 8.60. The SMILES string of the molecule is CCOC(=O)CC(B1OC(C)(C)C(C)(C)O1)c1cc(I)c(O)c(OC)c1. The average Bonchev–Trinajstić information content (AvgIpc) is 2.75. The van der Waals surface area contributed by atoms with E-state index in [0.717, 1.165) is 5.56 Å². The molecule has 144 valence electrons. The van der Waals surface area contributed by atoms with Crippen molar-refractivity contribution in [2.45, 2.75) is 58.1 Å². The molecule has 0 bridgehead atoms. The monoisotopic (exact) mass is 476 g/mol. The second-order valence-corrected chi connectivity index (χ2v) is 8.46. The van der Waals surface area contributed by atoms with E-state index in [0.29, 0.717) is 15.9 Å². The molecule has 1 aliphatic heterocycles. The van der Waals surface area contributed by atoms with Crippen LogP contribution in [0.4, 0.5) is 0 Å². The molecule has 0 spiro atoms. The van der Waals surface area contributed by atoms with Crippen LogP contribution in [0.5, 0.6) is 11.5 Å². The van der Waals surface area contributed by atoms with Gasteiger partial charge in [-0.3, -0.25) is 4.79 Å². The molecule has 1 aromatic rings. The molecular weight excluding hydrogens is 450 g/mol. The molecule has 0 radical (unpaired) electrons. The van der Waals surface area contributed by atoms with Crippen LogP contribution in [-0.4, -0.2) is 43.1 Å². The van der Waals surface area contributed by atoms with Gasteiger partial charge in [0.2, 0.25) is 0 Å². The molecule has 2 rings (SSSR count). The minimum absolute atomic E-state index is 0.0700. The van der Waals surface area contributed by atoms with E-state index < -0.39 is 24.1 Å². The number of rotatable bonds is 6. The third-order valence-corrected chi connectivity index (χ3v) is 5.81. The van der Waals surface area contributed by atoms with Crippen LogP contribution in [0.1, 0.15) is 52.4 Å². The Morgan fingerprint density at radius 2 is 1.85 bits per heavy atom. The van der Waals surface area contributed by atoms with Crippen molar-refractivity contribution in [3.8, 4) is 11.5 Å². The summed E-state index contributed by atoms with van der Waals surface area (Å²) in [5.74, 6) is -0.301. The van der Waals surface area contributed by atoms with Crippen LogP contribution in [0, 0.1) is 3.57 Å². The molecule has 26 heavy (non-hydrogen) atoms. The summed E-state index contributed by atoms with van der Waals surface area (Å²) in [6.07, 6.45) is 0.106. The third-order valence-electron chi connectivity index (χ3n) is 4.99. The van der Waals surface area contributed by atoms with Gasteiger partial charge in [-0.1, -0.05) is 0 Å². The summed E-state index contributed by atoms with van der Waals surface area (Å²) in [4.78, 5) is 12.2. The molecular formula is C18H26BIO6. The molecule has 1 N–H and O–H groups in total. The molecule has 0 amide bonds. The number of hydrogen-bond donors (Lipinski definition) is 1. The summed E-state index contributed by atoms with van der Waals surface area (Å²) >= 11 is 2.03. The highest BCUT2D eigenvalue weighted by molar-refractivity contribution is 14.1. The van der Waals surface area contributed by atoms with Gasteiger partial charge in [-0.2, -0.15) is 0 Å². The number of ether oxygens (including phenoxy) is 2. The van der Waals surface area contributed by atoms with E-state index in [1.807, 2.05) is 56.4 Å². The summed E-state index contributed by atoms with van der Waals surface area (Å²) in [5.41, 5.74) is -0.243. The van der Waals surface area contributed by atoms with Gasteiger partial charge < -0.3 is 23.9 Å². The molecule has 1 fully saturated rings. The smallest absolute Gasteiger partial charge is 0.466 e. The van der Waals surface area contributed by atoms with Gasteiger partial charge in [0.1, 0.15) is 0 Å². The minimum atomic E-state index is -0.616. The number of halogens is 1. The number of carbonyl (C=O) groups is 1. The van der Waals surface area contributed by atoms with Gasteiger partial charge in [-0.25, -0.2) is 0 Å². The van der Waals surface area contributed by atoms with Crippen LogP contribution in [0.15, 0.2) is 12.1 Å². The largest absolute Gasteiger partial charge is 0.504 e. The van der Waals surface area contributed by atoms with Crippen LogP contribution in [0.25, 0.3) is 0 Å². The van der Waals surface area contributed by atoms with E-state index in [1.165, 1.54) is 7.11 Å². The summed E-state index contributed by atoms with van der Waals surface area (Å²) in [7, 11) is 0.874. The predicted molar refractivity (Wildman–Crippen MR) is 107 cm³/mol. The van der Waals surface area contributed by atoms with E-state index >= 15 is 0 Å². The second-order valence-electron chi connectivity index (χ2n) is 7.29. The first kappa shape index (κ1) is 21.3. The van der Waals surface area contributed by atoms with Gasteiger partial charge in [-0.15, -0.1) is 0 Å². The van der Waals surface area contributed by atoms with Crippen LogP contribution >= 0.6 is 22.6 Å². The summed E-state index contributed by atoms with van der Waals surface area (Å²) in [6, 6.07) is 3.53. The number of aromatic hydroxyl groups is 1. The number of phenolic OH excluding ortho intramolecular Hbond substituents is 1. The number of phenols is 1. The van der Waals surface area contributed by atoms with E-state index in [2.05, 4.69) is 0 Å². The first-order valence-corrected chi connectivity index (χ1v) is 9.68. The van der Waals surface area contributed by atoms with Crippen molar-refractivity contribution in [2.24, 2.45) is 0 Å². The van der Waals surface area contributed by atoms with Gasteiger partial charge >= 0.3 is 13.1 Å². The van der Waals surface area contributed by atoms with Crippen molar-refractivity contribution >= 4 is 35.7 Å². The van der Waals surface area contributed by atoms with Gasteiger partial charge in [0, 0.05) is 5.82 Å². The second kappa shape index (κ2) is 7.94. The van der Waals surface area contributed by atoms with Gasteiger partial charge in [0.15, 0.2) is 11.5 Å². The average molecular weight is 476 g/mol. The lowest BCUT2D eigenvalue weighted by Crippen LogP contribution is -2.41. The topological polar surface area (TPSA) is 74.2 Å². The maximum atomic E-state index is 12.2. The summed E-state index contributed by atoms with van der Waals surface area (Å²) in [5, 5.41) is 10.1. The number of hydrogen-bond acceptors (Lipinski definition) is 6. The third kappa shape index (κ3) is 4.28. The lowest BCUT2D eigenvalue weighted by atomic mass is 9.66. The minimum Gasteiger partial charge on any atom is -0.504 e. The van der Waals surface area contributed by atoms with Crippen molar-refractivity contribution in [1.29, 1.82) is 0 Å². The fourth-order valence-electron chi connectivity index (χ4n) is 2.79. The fourth-order valence-corrected chi connectivity index (χ4v) is 3.41. The first-order chi connectivity index (χ1) is 12.0. The van der Waals surface area contributed by atoms with Crippen molar-refractivity contribution in [3.63, 3.8) is 0 Å². The summed E-state index contributed by atoms with van der Waals surface area (Å²) < 4.78 is 23.4. The maximum Gasteiger partial charge on any atom is 0.466 e. The molecule has 1 unspecified atom stereocenters. The quantitative estimate of drug-likeness (QED) is 0.384. The maximum absolute atomic E-state index is 12.2. The Morgan fingerprint density at radius 1 is 1.27 bits per heavy atom. The Kier molecular flexibility index (Phi) is 6.51. The molecule has 8 heteroatoms. The van der Waals surface area contributed by atoms with Gasteiger partial charge in [0.25, 0.3) is 0 Å². The zero-order valence-corrected chi connectivity index (χ0v) is 18.2. The normalized spacial score (nSPS) is 19.3. The lowest BCUT2D eigenvalue weighted by Gasteiger charge is -2.32. The standard InChI is InChI=1S/C18H26BIO6/c1-7-24-15(21)10-12(19-25-17(2,3)18(4,5)26-19)11-8-13(20)16(22)14(9-11)23-6/h8-9,12,22H,7,10H2,1-6H3. The van der Waals surface area contributed by atoms with E-state index in [9.17, 15) is 9.90 Å². The summed E-state index contributed by atoms with van der Waals surface area (Å²) in [6.45, 7) is 9.95. The van der Waals surface area contributed by atoms with E-state index in [-0.39, 0.29) is 18.1 Å².